The molecule has 14 heteroatoms. The number of carbonyl (C=O) groups is 6. The van der Waals surface area contributed by atoms with Crippen LogP contribution in [0.5, 0.6) is 5.75 Å². The van der Waals surface area contributed by atoms with E-state index >= 15 is 4.39 Å². The molecule has 12 nitrogen and oxygen atoms in total. The largest absolute Gasteiger partial charge is 0.505 e. The molecule has 1 heterocycles. The molecular formula is C27H30F2N4O8. The molecule has 1 aromatic carbocycles. The Balaban J connectivity index is 1.51. The van der Waals surface area contributed by atoms with Gasteiger partial charge < -0.3 is 21.3 Å². The van der Waals surface area contributed by atoms with E-state index in [1.807, 2.05) is 0 Å². The Morgan fingerprint density at radius 1 is 1.22 bits per heavy atom. The quantitative estimate of drug-likeness (QED) is 0.250. The number of ketones is 4. The van der Waals surface area contributed by atoms with Gasteiger partial charge in [0, 0.05) is 30.6 Å². The molecule has 5 N–H and O–H groups in total. The van der Waals surface area contributed by atoms with E-state index in [1.54, 1.807) is 0 Å². The van der Waals surface area contributed by atoms with E-state index < -0.39 is 99.3 Å². The molecule has 1 aromatic rings. The predicted octanol–water partition coefficient (Wildman–Crippen LogP) is -1.01. The zero-order valence-electron chi connectivity index (χ0n) is 22.4. The van der Waals surface area contributed by atoms with Gasteiger partial charge in [-0.3, -0.25) is 38.6 Å². The van der Waals surface area contributed by atoms with Crippen molar-refractivity contribution in [1.82, 2.24) is 9.80 Å². The lowest BCUT2D eigenvalue weighted by Crippen LogP contribution is -2.74. The summed E-state index contributed by atoms with van der Waals surface area (Å²) < 4.78 is 28.8. The van der Waals surface area contributed by atoms with Gasteiger partial charge in [-0.1, -0.05) is 0 Å². The van der Waals surface area contributed by atoms with Gasteiger partial charge in [0.25, 0.3) is 0 Å². The third kappa shape index (κ3) is 4.35. The fourth-order valence-electron chi connectivity index (χ4n) is 7.04. The van der Waals surface area contributed by atoms with Gasteiger partial charge in [-0.15, -0.1) is 0 Å². The summed E-state index contributed by atoms with van der Waals surface area (Å²) in [4.78, 5) is 81.4. The number of alkyl halides is 1. The number of likely N-dealkylation sites (N-methyl/N-ethyl adjacent to an activating group) is 1. The third-order valence-electron chi connectivity index (χ3n) is 8.86. The van der Waals surface area contributed by atoms with Crippen molar-refractivity contribution in [3.8, 4) is 5.75 Å². The lowest BCUT2D eigenvalue weighted by molar-refractivity contribution is -0.181. The number of fused-ring (bicyclic) bond motifs is 3. The third-order valence-corrected chi connectivity index (χ3v) is 8.86. The Morgan fingerprint density at radius 2 is 1.90 bits per heavy atom. The van der Waals surface area contributed by atoms with E-state index in [2.05, 4.69) is 5.32 Å². The SMILES string of the molecule is CN(C)[C@@H]1C(=O)C(C(N)=O)C(=O)[C@@]2(O)C(=O)C3C(=O)c4c(O)c(NC(=O)CN5CC[C@H](F)C5)cc(F)c4C[C@H]3C[C@@H]12. The number of primary amides is 1. The number of carbonyl (C=O) groups excluding carboxylic acids is 6. The van der Waals surface area contributed by atoms with Crippen molar-refractivity contribution in [3.63, 3.8) is 0 Å². The van der Waals surface area contributed by atoms with Crippen LogP contribution in [0, 0.1) is 29.5 Å². The first kappa shape index (κ1) is 28.9. The number of nitrogens with two attached hydrogens (primary N) is 1. The van der Waals surface area contributed by atoms with Crippen LogP contribution in [-0.4, -0.2) is 107 Å². The minimum atomic E-state index is -2.90. The number of phenols is 1. The first-order valence-electron chi connectivity index (χ1n) is 13.2. The summed E-state index contributed by atoms with van der Waals surface area (Å²) in [5, 5.41) is 24.8. The van der Waals surface area contributed by atoms with Crippen LogP contribution in [0.2, 0.25) is 0 Å². The molecule has 0 aromatic heterocycles. The number of likely N-dealkylation sites (tertiary alicyclic amines) is 1. The fraction of sp³-hybridized carbons (Fsp3) is 0.556. The van der Waals surface area contributed by atoms with Gasteiger partial charge in [-0.2, -0.15) is 0 Å². The maximum atomic E-state index is 15.3. The normalized spacial score (nSPS) is 33.4. The van der Waals surface area contributed by atoms with Crippen molar-refractivity contribution < 1.29 is 47.8 Å². The smallest absolute Gasteiger partial charge is 0.238 e. The Morgan fingerprint density at radius 3 is 2.49 bits per heavy atom. The van der Waals surface area contributed by atoms with Crippen molar-refractivity contribution in [1.29, 1.82) is 0 Å². The van der Waals surface area contributed by atoms with Crippen molar-refractivity contribution in [3.05, 3.63) is 23.0 Å². The number of anilines is 1. The Kier molecular flexibility index (Phi) is 7.07. The van der Waals surface area contributed by atoms with E-state index in [4.69, 9.17) is 5.73 Å². The first-order valence-corrected chi connectivity index (χ1v) is 13.2. The fourth-order valence-corrected chi connectivity index (χ4v) is 7.04. The van der Waals surface area contributed by atoms with E-state index in [-0.39, 0.29) is 37.9 Å². The number of aliphatic hydroxyl groups is 1. The molecule has 5 rings (SSSR count). The van der Waals surface area contributed by atoms with Crippen LogP contribution in [0.15, 0.2) is 6.07 Å². The number of aromatic hydroxyl groups is 1. The summed E-state index contributed by atoms with van der Waals surface area (Å²) in [5.74, 6) is -14.4. The highest BCUT2D eigenvalue weighted by molar-refractivity contribution is 6.32. The second-order valence-corrected chi connectivity index (χ2v) is 11.6. The molecule has 0 radical (unpaired) electrons. The highest BCUT2D eigenvalue weighted by Crippen LogP contribution is 2.51. The number of hydrogen-bond acceptors (Lipinski definition) is 10. The van der Waals surface area contributed by atoms with Crippen LogP contribution in [0.4, 0.5) is 14.5 Å². The van der Waals surface area contributed by atoms with Crippen molar-refractivity contribution in [2.45, 2.75) is 37.1 Å². The number of nitrogens with one attached hydrogen (secondary N) is 1. The molecule has 1 aliphatic heterocycles. The van der Waals surface area contributed by atoms with Crippen LogP contribution >= 0.6 is 0 Å². The lowest BCUT2D eigenvalue weighted by atomic mass is 9.52. The number of rotatable bonds is 5. The number of halogens is 2. The standard InChI is InChI=1S/C27H30F2N4O8/c1-32(2)20-13-6-10-5-12-14(29)7-15(31-16(34)9-33-4-3-11(28)8-33)21(35)18(12)22(36)17(10)24(38)27(13,41)25(39)19(23(20)37)26(30)40/h7,10-11,13,17,19-20,35,41H,3-6,8-9H2,1-2H3,(H2,30,40)(H,31,34)/t10-,11-,13-,17?,19?,20-,27-/m0/s1. The summed E-state index contributed by atoms with van der Waals surface area (Å²) in [7, 11) is 2.92. The number of amides is 2. The Labute approximate surface area is 232 Å². The molecule has 0 bridgehead atoms. The second-order valence-electron chi connectivity index (χ2n) is 11.6. The van der Waals surface area contributed by atoms with E-state index in [0.29, 0.717) is 6.54 Å². The minimum absolute atomic E-state index is 0.0428. The lowest BCUT2D eigenvalue weighted by Gasteiger charge is -2.52. The average molecular weight is 577 g/mol. The van der Waals surface area contributed by atoms with E-state index in [1.165, 1.54) is 23.9 Å². The molecule has 7 atom stereocenters. The maximum Gasteiger partial charge on any atom is 0.238 e. The molecule has 41 heavy (non-hydrogen) atoms. The van der Waals surface area contributed by atoms with Crippen LogP contribution in [0.1, 0.15) is 28.8 Å². The molecule has 1 saturated heterocycles. The highest BCUT2D eigenvalue weighted by atomic mass is 19.1. The van der Waals surface area contributed by atoms with Gasteiger partial charge in [0.15, 0.2) is 34.7 Å². The van der Waals surface area contributed by atoms with Gasteiger partial charge in [-0.25, -0.2) is 8.78 Å². The van der Waals surface area contributed by atoms with Crippen LogP contribution in [0.25, 0.3) is 0 Å². The van der Waals surface area contributed by atoms with Crippen LogP contribution in [0.3, 0.4) is 0 Å². The van der Waals surface area contributed by atoms with Crippen molar-refractivity contribution in [2.75, 3.05) is 39.0 Å². The molecule has 220 valence electrons. The van der Waals surface area contributed by atoms with Gasteiger partial charge >= 0.3 is 0 Å². The van der Waals surface area contributed by atoms with Gasteiger partial charge in [-0.05, 0) is 39.3 Å². The highest BCUT2D eigenvalue weighted by Gasteiger charge is 2.69. The monoisotopic (exact) mass is 576 g/mol. The molecule has 2 unspecified atom stereocenters. The molecule has 3 aliphatic carbocycles. The maximum absolute atomic E-state index is 15.3. The Hall–Kier alpha value is -3.62. The molecule has 2 amide bonds. The summed E-state index contributed by atoms with van der Waals surface area (Å²) in [5.41, 5.74) is 1.17. The number of nitrogens with zero attached hydrogens (tertiary/aromatic N) is 2. The molecule has 4 aliphatic rings. The summed E-state index contributed by atoms with van der Waals surface area (Å²) >= 11 is 0. The minimum Gasteiger partial charge on any atom is -0.505 e. The van der Waals surface area contributed by atoms with Gasteiger partial charge in [0.1, 0.15) is 17.7 Å². The first-order chi connectivity index (χ1) is 19.2. The zero-order chi connectivity index (χ0) is 30.1. The average Bonchev–Trinajstić information content (AvgIpc) is 3.28. The van der Waals surface area contributed by atoms with E-state index in [0.717, 1.165) is 6.07 Å². The molecule has 2 saturated carbocycles. The van der Waals surface area contributed by atoms with Crippen LogP contribution in [-0.2, 0) is 30.4 Å². The number of hydrogen-bond donors (Lipinski definition) is 4. The van der Waals surface area contributed by atoms with E-state index in [9.17, 15) is 43.4 Å². The topological polar surface area (TPSA) is 187 Å². The summed E-state index contributed by atoms with van der Waals surface area (Å²) in [6.07, 6.45) is -1.28. The molecule has 3 fully saturated rings. The zero-order valence-corrected chi connectivity index (χ0v) is 22.4. The summed E-state index contributed by atoms with van der Waals surface area (Å²) in [6, 6.07) is -0.424. The second kappa shape index (κ2) is 10.0. The number of benzene rings is 1. The number of Topliss-reactive ketones (excluding diaryl/α,β-unsaturated/α-hetero) is 4. The molecule has 0 spiro atoms. The number of phenolic OH excluding ortho intramolecular Hbond substituents is 1. The molecular weight excluding hydrogens is 546 g/mol. The van der Waals surface area contributed by atoms with Gasteiger partial charge in [0.2, 0.25) is 11.8 Å². The van der Waals surface area contributed by atoms with Crippen molar-refractivity contribution in [2.24, 2.45) is 29.4 Å². The Bertz CT molecular complexity index is 1400. The van der Waals surface area contributed by atoms with Crippen LogP contribution < -0.4 is 11.1 Å². The summed E-state index contributed by atoms with van der Waals surface area (Å²) in [6.45, 7) is 0.141. The van der Waals surface area contributed by atoms with Gasteiger partial charge in [0.05, 0.1) is 29.8 Å². The predicted molar refractivity (Wildman–Crippen MR) is 136 cm³/mol. The van der Waals surface area contributed by atoms with Crippen molar-refractivity contribution >= 4 is 40.6 Å².